The summed E-state index contributed by atoms with van der Waals surface area (Å²) in [6, 6.07) is 20.8. The summed E-state index contributed by atoms with van der Waals surface area (Å²) in [5, 5.41) is 13.8. The van der Waals surface area contributed by atoms with Gasteiger partial charge in [0.1, 0.15) is 5.82 Å². The SMILES string of the molecule is OCCCn1c(-c2ccc3ccccc3c2)csc1=Nc1ccc(F)cc1. The largest absolute Gasteiger partial charge is 0.396 e. The second-order valence-corrected chi connectivity index (χ2v) is 7.12. The number of aliphatic hydroxyl groups is 1. The molecule has 27 heavy (non-hydrogen) atoms. The minimum atomic E-state index is -0.273. The van der Waals surface area contributed by atoms with Gasteiger partial charge in [-0.25, -0.2) is 9.38 Å². The van der Waals surface area contributed by atoms with Gasteiger partial charge in [0.2, 0.25) is 0 Å². The van der Waals surface area contributed by atoms with Crippen LogP contribution in [0.4, 0.5) is 10.1 Å². The zero-order valence-electron chi connectivity index (χ0n) is 14.7. The highest BCUT2D eigenvalue weighted by atomic mass is 32.1. The van der Waals surface area contributed by atoms with Gasteiger partial charge in [-0.2, -0.15) is 0 Å². The Bertz CT molecular complexity index is 1130. The van der Waals surface area contributed by atoms with Crippen LogP contribution < -0.4 is 4.80 Å². The Morgan fingerprint density at radius 2 is 1.74 bits per heavy atom. The molecule has 5 heteroatoms. The minimum absolute atomic E-state index is 0.121. The summed E-state index contributed by atoms with van der Waals surface area (Å²) in [7, 11) is 0. The van der Waals surface area contributed by atoms with Crippen molar-refractivity contribution >= 4 is 27.8 Å². The van der Waals surface area contributed by atoms with Crippen LogP contribution in [0.3, 0.4) is 0 Å². The number of hydrogen-bond acceptors (Lipinski definition) is 3. The van der Waals surface area contributed by atoms with E-state index in [1.165, 1.54) is 22.9 Å². The van der Waals surface area contributed by atoms with Crippen LogP contribution in [0.2, 0.25) is 0 Å². The summed E-state index contributed by atoms with van der Waals surface area (Å²) in [6.45, 7) is 0.790. The van der Waals surface area contributed by atoms with Crippen molar-refractivity contribution in [3.05, 3.63) is 82.7 Å². The van der Waals surface area contributed by atoms with E-state index < -0.39 is 0 Å². The maximum absolute atomic E-state index is 13.2. The number of aliphatic hydroxyl groups excluding tert-OH is 1. The molecule has 1 heterocycles. The fourth-order valence-corrected chi connectivity index (χ4v) is 4.02. The van der Waals surface area contributed by atoms with E-state index in [9.17, 15) is 9.50 Å². The predicted octanol–water partition coefficient (Wildman–Crippen LogP) is 5.12. The van der Waals surface area contributed by atoms with Gasteiger partial charge in [0.25, 0.3) is 0 Å². The topological polar surface area (TPSA) is 37.5 Å². The van der Waals surface area contributed by atoms with Crippen LogP contribution in [-0.4, -0.2) is 16.3 Å². The number of fused-ring (bicyclic) bond motifs is 1. The molecular weight excluding hydrogens is 359 g/mol. The standard InChI is InChI=1S/C22H19FN2OS/c23-19-8-10-20(11-9-19)24-22-25(12-3-13-26)21(15-27-22)18-7-6-16-4-1-2-5-17(16)14-18/h1-2,4-11,14-15,26H,3,12-13H2. The Hall–Kier alpha value is -2.76. The molecule has 136 valence electrons. The lowest BCUT2D eigenvalue weighted by Gasteiger charge is -2.09. The molecule has 0 aliphatic carbocycles. The molecule has 0 aliphatic heterocycles. The Kier molecular flexibility index (Phi) is 5.14. The molecule has 0 saturated heterocycles. The van der Waals surface area contributed by atoms with Crippen LogP contribution in [0.5, 0.6) is 0 Å². The van der Waals surface area contributed by atoms with Gasteiger partial charge in [-0.3, -0.25) is 0 Å². The molecule has 1 N–H and O–H groups in total. The lowest BCUT2D eigenvalue weighted by Crippen LogP contribution is -2.16. The van der Waals surface area contributed by atoms with Crippen LogP contribution in [0.25, 0.3) is 22.0 Å². The third-order valence-corrected chi connectivity index (χ3v) is 5.30. The minimum Gasteiger partial charge on any atom is -0.396 e. The Balaban J connectivity index is 1.82. The second kappa shape index (κ2) is 7.86. The third-order valence-electron chi connectivity index (χ3n) is 4.43. The first-order chi connectivity index (χ1) is 13.2. The molecular formula is C22H19FN2OS. The van der Waals surface area contributed by atoms with E-state index in [1.807, 2.05) is 12.1 Å². The number of benzene rings is 3. The van der Waals surface area contributed by atoms with Crippen LogP contribution in [0.15, 0.2) is 77.1 Å². The van der Waals surface area contributed by atoms with Gasteiger partial charge in [0, 0.05) is 18.5 Å². The van der Waals surface area contributed by atoms with Crippen molar-refractivity contribution in [2.75, 3.05) is 6.61 Å². The number of hydrogen-bond donors (Lipinski definition) is 1. The first-order valence-corrected chi connectivity index (χ1v) is 9.71. The summed E-state index contributed by atoms with van der Waals surface area (Å²) in [4.78, 5) is 5.51. The quantitative estimate of drug-likeness (QED) is 0.514. The van der Waals surface area contributed by atoms with Gasteiger partial charge in [0.15, 0.2) is 4.80 Å². The fourth-order valence-electron chi connectivity index (χ4n) is 3.07. The predicted molar refractivity (Wildman–Crippen MR) is 109 cm³/mol. The third kappa shape index (κ3) is 3.84. The van der Waals surface area contributed by atoms with Crippen LogP contribution in [0, 0.1) is 5.82 Å². The Labute approximate surface area is 160 Å². The average Bonchev–Trinajstić information content (AvgIpc) is 3.10. The normalized spacial score (nSPS) is 12.0. The maximum atomic E-state index is 13.2. The summed E-state index contributed by atoms with van der Waals surface area (Å²) in [5.74, 6) is -0.273. The molecule has 3 aromatic carbocycles. The second-order valence-electron chi connectivity index (χ2n) is 6.28. The molecule has 0 aliphatic rings. The lowest BCUT2D eigenvalue weighted by atomic mass is 10.1. The van der Waals surface area contributed by atoms with Gasteiger partial charge >= 0.3 is 0 Å². The van der Waals surface area contributed by atoms with Crippen LogP contribution in [-0.2, 0) is 6.54 Å². The average molecular weight is 378 g/mol. The monoisotopic (exact) mass is 378 g/mol. The molecule has 0 unspecified atom stereocenters. The molecule has 0 spiro atoms. The molecule has 0 bridgehead atoms. The lowest BCUT2D eigenvalue weighted by molar-refractivity contribution is 0.279. The highest BCUT2D eigenvalue weighted by Crippen LogP contribution is 2.25. The molecule has 3 nitrogen and oxygen atoms in total. The smallest absolute Gasteiger partial charge is 0.190 e. The zero-order chi connectivity index (χ0) is 18.6. The van der Waals surface area contributed by atoms with Crippen molar-refractivity contribution in [2.24, 2.45) is 4.99 Å². The summed E-state index contributed by atoms with van der Waals surface area (Å²) in [5.41, 5.74) is 2.89. The maximum Gasteiger partial charge on any atom is 0.190 e. The van der Waals surface area contributed by atoms with E-state index in [-0.39, 0.29) is 12.4 Å². The number of halogens is 1. The summed E-state index contributed by atoms with van der Waals surface area (Å²) >= 11 is 1.55. The van der Waals surface area contributed by atoms with Crippen molar-refractivity contribution in [3.8, 4) is 11.3 Å². The van der Waals surface area contributed by atoms with E-state index in [4.69, 9.17) is 0 Å². The molecule has 4 aromatic rings. The first kappa shape index (κ1) is 17.6. The highest BCUT2D eigenvalue weighted by molar-refractivity contribution is 7.07. The number of thiazole rings is 1. The van der Waals surface area contributed by atoms with Gasteiger partial charge in [-0.05, 0) is 53.1 Å². The summed E-state index contributed by atoms with van der Waals surface area (Å²) < 4.78 is 15.3. The molecule has 0 radical (unpaired) electrons. The summed E-state index contributed by atoms with van der Waals surface area (Å²) in [6.07, 6.45) is 0.647. The Morgan fingerprint density at radius 1 is 0.963 bits per heavy atom. The van der Waals surface area contributed by atoms with Crippen molar-refractivity contribution < 1.29 is 9.50 Å². The van der Waals surface area contributed by atoms with E-state index in [0.29, 0.717) is 18.7 Å². The van der Waals surface area contributed by atoms with E-state index >= 15 is 0 Å². The Morgan fingerprint density at radius 3 is 2.52 bits per heavy atom. The molecule has 4 rings (SSSR count). The van der Waals surface area contributed by atoms with E-state index in [2.05, 4.69) is 45.3 Å². The highest BCUT2D eigenvalue weighted by Gasteiger charge is 2.09. The first-order valence-electron chi connectivity index (χ1n) is 8.83. The molecule has 0 atom stereocenters. The fraction of sp³-hybridized carbons (Fsp3) is 0.136. The number of nitrogens with zero attached hydrogens (tertiary/aromatic N) is 2. The van der Waals surface area contributed by atoms with Crippen LogP contribution >= 0.6 is 11.3 Å². The van der Waals surface area contributed by atoms with Gasteiger partial charge < -0.3 is 9.67 Å². The van der Waals surface area contributed by atoms with Crippen molar-refractivity contribution in [1.29, 1.82) is 0 Å². The van der Waals surface area contributed by atoms with Crippen molar-refractivity contribution in [2.45, 2.75) is 13.0 Å². The number of rotatable bonds is 5. The van der Waals surface area contributed by atoms with E-state index in [1.54, 1.807) is 23.5 Å². The van der Waals surface area contributed by atoms with Gasteiger partial charge in [-0.15, -0.1) is 11.3 Å². The zero-order valence-corrected chi connectivity index (χ0v) is 15.5. The number of aromatic nitrogens is 1. The van der Waals surface area contributed by atoms with Crippen molar-refractivity contribution in [1.82, 2.24) is 4.57 Å². The molecule has 0 amide bonds. The molecule has 1 aromatic heterocycles. The van der Waals surface area contributed by atoms with Crippen molar-refractivity contribution in [3.63, 3.8) is 0 Å². The van der Waals surface area contributed by atoms with Crippen LogP contribution in [0.1, 0.15) is 6.42 Å². The van der Waals surface area contributed by atoms with Gasteiger partial charge in [0.05, 0.1) is 11.4 Å². The molecule has 0 fully saturated rings. The van der Waals surface area contributed by atoms with E-state index in [0.717, 1.165) is 16.1 Å². The van der Waals surface area contributed by atoms with Gasteiger partial charge in [-0.1, -0.05) is 36.4 Å². The molecule has 0 saturated carbocycles.